The Hall–Kier alpha value is -1.13. The molecule has 1 aliphatic heterocycles. The van der Waals surface area contributed by atoms with E-state index in [1.807, 2.05) is 12.1 Å². The Kier molecular flexibility index (Phi) is 4.76. The maximum absolute atomic E-state index is 5.75. The first-order valence-electron chi connectivity index (χ1n) is 6.39. The van der Waals surface area contributed by atoms with E-state index in [0.29, 0.717) is 6.54 Å². The summed E-state index contributed by atoms with van der Waals surface area (Å²) < 4.78 is 5.75. The van der Waals surface area contributed by atoms with Gasteiger partial charge in [0.1, 0.15) is 12.4 Å². The van der Waals surface area contributed by atoms with Crippen LogP contribution in [0.4, 0.5) is 0 Å². The van der Waals surface area contributed by atoms with Crippen molar-refractivity contribution in [1.82, 2.24) is 9.88 Å². The summed E-state index contributed by atoms with van der Waals surface area (Å²) in [6, 6.07) is 3.82. The molecule has 0 aromatic carbocycles. The van der Waals surface area contributed by atoms with Crippen LogP contribution < -0.4 is 10.5 Å². The summed E-state index contributed by atoms with van der Waals surface area (Å²) >= 11 is 0. The van der Waals surface area contributed by atoms with E-state index in [2.05, 4.69) is 9.88 Å². The van der Waals surface area contributed by atoms with Crippen molar-refractivity contribution in [3.63, 3.8) is 0 Å². The average Bonchev–Trinajstić information content (AvgIpc) is 2.40. The first-order chi connectivity index (χ1) is 8.40. The van der Waals surface area contributed by atoms with Gasteiger partial charge in [-0.3, -0.25) is 9.88 Å². The van der Waals surface area contributed by atoms with Crippen molar-refractivity contribution in [2.24, 2.45) is 5.73 Å². The molecule has 0 bridgehead atoms. The Balaban J connectivity index is 1.77. The van der Waals surface area contributed by atoms with E-state index >= 15 is 0 Å². The zero-order valence-electron chi connectivity index (χ0n) is 10.3. The Morgan fingerprint density at radius 2 is 2.12 bits per heavy atom. The summed E-state index contributed by atoms with van der Waals surface area (Å²) in [4.78, 5) is 6.66. The van der Waals surface area contributed by atoms with Crippen LogP contribution in [-0.2, 0) is 6.54 Å². The Bertz CT molecular complexity index is 337. The summed E-state index contributed by atoms with van der Waals surface area (Å²) in [6.45, 7) is 4.57. The molecule has 4 heteroatoms. The summed E-state index contributed by atoms with van der Waals surface area (Å²) in [5.41, 5.74) is 6.45. The van der Waals surface area contributed by atoms with Gasteiger partial charge in [0.15, 0.2) is 0 Å². The second-order valence-electron chi connectivity index (χ2n) is 4.40. The molecule has 0 saturated carbocycles. The highest BCUT2D eigenvalue weighted by Crippen LogP contribution is 2.14. The zero-order chi connectivity index (χ0) is 11.9. The second-order valence-corrected chi connectivity index (χ2v) is 4.40. The molecule has 2 rings (SSSR count). The van der Waals surface area contributed by atoms with Crippen molar-refractivity contribution >= 4 is 0 Å². The van der Waals surface area contributed by atoms with E-state index < -0.39 is 0 Å². The number of hydrogen-bond acceptors (Lipinski definition) is 4. The van der Waals surface area contributed by atoms with Gasteiger partial charge in [-0.25, -0.2) is 0 Å². The average molecular weight is 235 g/mol. The fraction of sp³-hybridized carbons (Fsp3) is 0.615. The molecule has 0 radical (unpaired) electrons. The Morgan fingerprint density at radius 1 is 1.29 bits per heavy atom. The van der Waals surface area contributed by atoms with Crippen LogP contribution in [0, 0.1) is 0 Å². The number of ether oxygens (including phenoxy) is 1. The maximum atomic E-state index is 5.75. The number of rotatable bonds is 5. The third-order valence-electron chi connectivity index (χ3n) is 3.16. The van der Waals surface area contributed by atoms with Gasteiger partial charge < -0.3 is 10.5 Å². The number of piperidine rings is 1. The van der Waals surface area contributed by atoms with Crippen molar-refractivity contribution in [2.75, 3.05) is 26.2 Å². The molecule has 1 aromatic heterocycles. The molecular formula is C13H21N3O. The highest BCUT2D eigenvalue weighted by atomic mass is 16.5. The lowest BCUT2D eigenvalue weighted by molar-refractivity contribution is 0.182. The maximum Gasteiger partial charge on any atom is 0.142 e. The minimum absolute atomic E-state index is 0.430. The van der Waals surface area contributed by atoms with Crippen LogP contribution in [0.3, 0.4) is 0 Å². The van der Waals surface area contributed by atoms with Crippen LogP contribution in [0.25, 0.3) is 0 Å². The molecule has 2 heterocycles. The molecule has 1 aromatic rings. The number of likely N-dealkylation sites (tertiary alicyclic amines) is 1. The smallest absolute Gasteiger partial charge is 0.142 e. The molecule has 94 valence electrons. The third kappa shape index (κ3) is 3.68. The van der Waals surface area contributed by atoms with Gasteiger partial charge in [-0.2, -0.15) is 0 Å². The lowest BCUT2D eigenvalue weighted by Gasteiger charge is -2.26. The quantitative estimate of drug-likeness (QED) is 0.838. The van der Waals surface area contributed by atoms with E-state index in [1.165, 1.54) is 32.4 Å². The van der Waals surface area contributed by atoms with Crippen molar-refractivity contribution in [2.45, 2.75) is 25.8 Å². The summed E-state index contributed by atoms with van der Waals surface area (Å²) in [5.74, 6) is 0.826. The number of nitrogens with zero attached hydrogens (tertiary/aromatic N) is 2. The van der Waals surface area contributed by atoms with Gasteiger partial charge in [-0.15, -0.1) is 0 Å². The van der Waals surface area contributed by atoms with Gasteiger partial charge in [-0.05, 0) is 38.1 Å². The predicted molar refractivity (Wildman–Crippen MR) is 67.9 cm³/mol. The van der Waals surface area contributed by atoms with Gasteiger partial charge in [0.2, 0.25) is 0 Å². The van der Waals surface area contributed by atoms with Gasteiger partial charge in [-0.1, -0.05) is 6.42 Å². The van der Waals surface area contributed by atoms with Crippen LogP contribution in [0.2, 0.25) is 0 Å². The lowest BCUT2D eigenvalue weighted by atomic mass is 10.1. The minimum atomic E-state index is 0.430. The standard InChI is InChI=1S/C13H21N3O/c14-11-12-13(5-4-6-15-12)17-10-9-16-7-2-1-3-8-16/h4-6H,1-3,7-11,14H2. The third-order valence-corrected chi connectivity index (χ3v) is 3.16. The highest BCUT2D eigenvalue weighted by Gasteiger charge is 2.10. The second kappa shape index (κ2) is 6.57. The van der Waals surface area contributed by atoms with Crippen LogP contribution in [0.15, 0.2) is 18.3 Å². The van der Waals surface area contributed by atoms with Gasteiger partial charge in [0.05, 0.1) is 5.69 Å². The molecule has 4 nitrogen and oxygen atoms in total. The highest BCUT2D eigenvalue weighted by molar-refractivity contribution is 5.26. The number of pyridine rings is 1. The first-order valence-corrected chi connectivity index (χ1v) is 6.39. The van der Waals surface area contributed by atoms with Crippen molar-refractivity contribution < 1.29 is 4.74 Å². The normalized spacial score (nSPS) is 17.0. The van der Waals surface area contributed by atoms with Crippen molar-refractivity contribution in [3.8, 4) is 5.75 Å². The van der Waals surface area contributed by atoms with Crippen LogP contribution in [0.5, 0.6) is 5.75 Å². The van der Waals surface area contributed by atoms with Crippen LogP contribution in [-0.4, -0.2) is 36.1 Å². The molecule has 0 aliphatic carbocycles. The fourth-order valence-electron chi connectivity index (χ4n) is 2.18. The summed E-state index contributed by atoms with van der Waals surface area (Å²) in [7, 11) is 0. The SMILES string of the molecule is NCc1ncccc1OCCN1CCCCC1. The van der Waals surface area contributed by atoms with Crippen LogP contribution in [0.1, 0.15) is 25.0 Å². The largest absolute Gasteiger partial charge is 0.490 e. The Morgan fingerprint density at radius 3 is 2.88 bits per heavy atom. The molecule has 0 spiro atoms. The van der Waals surface area contributed by atoms with Gasteiger partial charge in [0.25, 0.3) is 0 Å². The summed E-state index contributed by atoms with van der Waals surface area (Å²) in [6.07, 6.45) is 5.76. The monoisotopic (exact) mass is 235 g/mol. The first kappa shape index (κ1) is 12.3. The van der Waals surface area contributed by atoms with E-state index in [-0.39, 0.29) is 0 Å². The van der Waals surface area contributed by atoms with E-state index in [0.717, 1.165) is 24.6 Å². The molecule has 1 fully saturated rings. The molecule has 2 N–H and O–H groups in total. The molecule has 17 heavy (non-hydrogen) atoms. The fourth-order valence-corrected chi connectivity index (χ4v) is 2.18. The van der Waals surface area contributed by atoms with Gasteiger partial charge >= 0.3 is 0 Å². The number of hydrogen-bond donors (Lipinski definition) is 1. The molecule has 0 amide bonds. The number of aromatic nitrogens is 1. The molecule has 0 atom stereocenters. The topological polar surface area (TPSA) is 51.4 Å². The van der Waals surface area contributed by atoms with Crippen molar-refractivity contribution in [3.05, 3.63) is 24.0 Å². The van der Waals surface area contributed by atoms with E-state index in [1.54, 1.807) is 6.20 Å². The van der Waals surface area contributed by atoms with Crippen LogP contribution >= 0.6 is 0 Å². The van der Waals surface area contributed by atoms with Gasteiger partial charge in [0, 0.05) is 19.3 Å². The zero-order valence-corrected chi connectivity index (χ0v) is 10.3. The predicted octanol–water partition coefficient (Wildman–Crippen LogP) is 1.40. The molecule has 1 saturated heterocycles. The van der Waals surface area contributed by atoms with E-state index in [4.69, 9.17) is 10.5 Å². The molecule has 0 unspecified atom stereocenters. The summed E-state index contributed by atoms with van der Waals surface area (Å²) in [5, 5.41) is 0. The lowest BCUT2D eigenvalue weighted by Crippen LogP contribution is -2.33. The Labute approximate surface area is 103 Å². The molecule has 1 aliphatic rings. The van der Waals surface area contributed by atoms with E-state index in [9.17, 15) is 0 Å². The van der Waals surface area contributed by atoms with Crippen molar-refractivity contribution in [1.29, 1.82) is 0 Å². The molecular weight excluding hydrogens is 214 g/mol. The minimum Gasteiger partial charge on any atom is -0.490 e. The number of nitrogens with two attached hydrogens (primary N) is 1.